The van der Waals surface area contributed by atoms with Gasteiger partial charge in [0.1, 0.15) is 16.2 Å². The lowest BCUT2D eigenvalue weighted by atomic mass is 10.1. The maximum Gasteiger partial charge on any atom is 0.135 e. The number of fused-ring (bicyclic) bond motifs is 7. The predicted molar refractivity (Wildman–Crippen MR) is 130 cm³/mol. The highest BCUT2D eigenvalue weighted by Gasteiger charge is 2.14. The predicted octanol–water partition coefficient (Wildman–Crippen LogP) is 8.88. The fourth-order valence-corrected chi connectivity index (χ4v) is 6.65. The van der Waals surface area contributed by atoms with E-state index in [4.69, 9.17) is 21.0 Å². The van der Waals surface area contributed by atoms with E-state index in [0.717, 1.165) is 48.4 Å². The van der Waals surface area contributed by atoms with E-state index in [1.807, 2.05) is 36.4 Å². The number of aromatic nitrogens is 1. The molecule has 7 rings (SSSR count). The van der Waals surface area contributed by atoms with Gasteiger partial charge in [0.2, 0.25) is 0 Å². The van der Waals surface area contributed by atoms with Crippen LogP contribution in [0.1, 0.15) is 0 Å². The number of para-hydroxylation sites is 1. The molecule has 5 heteroatoms. The van der Waals surface area contributed by atoms with E-state index in [9.17, 15) is 0 Å². The van der Waals surface area contributed by atoms with E-state index < -0.39 is 0 Å². The van der Waals surface area contributed by atoms with E-state index in [1.54, 1.807) is 22.7 Å². The van der Waals surface area contributed by atoms with Crippen LogP contribution in [-0.4, -0.2) is 4.98 Å². The van der Waals surface area contributed by atoms with Crippen molar-refractivity contribution in [2.45, 2.75) is 0 Å². The van der Waals surface area contributed by atoms with Crippen LogP contribution in [0.5, 0.6) is 0 Å². The van der Waals surface area contributed by atoms with Gasteiger partial charge >= 0.3 is 0 Å². The van der Waals surface area contributed by atoms with Crippen molar-refractivity contribution in [2.75, 3.05) is 0 Å². The molecular formula is C25H12ClNOS2. The van der Waals surface area contributed by atoms with Crippen LogP contribution < -0.4 is 0 Å². The first kappa shape index (κ1) is 16.8. The Morgan fingerprint density at radius 1 is 0.700 bits per heavy atom. The van der Waals surface area contributed by atoms with Gasteiger partial charge in [-0.05, 0) is 48.5 Å². The molecule has 30 heavy (non-hydrogen) atoms. The van der Waals surface area contributed by atoms with Crippen LogP contribution in [0.2, 0.25) is 5.02 Å². The smallest absolute Gasteiger partial charge is 0.135 e. The van der Waals surface area contributed by atoms with Gasteiger partial charge in [0, 0.05) is 41.5 Å². The normalized spacial score (nSPS) is 12.2. The molecular weight excluding hydrogens is 430 g/mol. The number of rotatable bonds is 1. The van der Waals surface area contributed by atoms with E-state index >= 15 is 0 Å². The Kier molecular flexibility index (Phi) is 3.39. The van der Waals surface area contributed by atoms with Crippen LogP contribution in [0.4, 0.5) is 0 Å². The Bertz CT molecular complexity index is 1770. The van der Waals surface area contributed by atoms with Crippen LogP contribution in [-0.2, 0) is 0 Å². The Labute approximate surface area is 183 Å². The third-order valence-corrected chi connectivity index (χ3v) is 8.08. The van der Waals surface area contributed by atoms with Crippen LogP contribution in [0, 0.1) is 0 Å². The highest BCUT2D eigenvalue weighted by atomic mass is 35.5. The molecule has 0 unspecified atom stereocenters. The summed E-state index contributed by atoms with van der Waals surface area (Å²) in [7, 11) is 0. The van der Waals surface area contributed by atoms with Crippen LogP contribution >= 0.6 is 34.3 Å². The van der Waals surface area contributed by atoms with Gasteiger partial charge in [-0.15, -0.1) is 22.7 Å². The third-order valence-electron chi connectivity index (χ3n) is 5.58. The highest BCUT2D eigenvalue weighted by Crippen LogP contribution is 2.42. The molecule has 0 N–H and O–H groups in total. The van der Waals surface area contributed by atoms with Crippen molar-refractivity contribution in [1.82, 2.24) is 4.98 Å². The number of nitrogens with zero attached hydrogens (tertiary/aromatic N) is 1. The average Bonchev–Trinajstić information content (AvgIpc) is 3.44. The molecule has 0 fully saturated rings. The summed E-state index contributed by atoms with van der Waals surface area (Å²) < 4.78 is 9.58. The number of hydrogen-bond acceptors (Lipinski definition) is 4. The Hall–Kier alpha value is -2.92. The standard InChI is InChI=1S/C25H12ClNOS2/c26-17-5-3-7-21-24(17)16-11-23-18(12-22(16)29-21)27-25(30-23)13-8-9-20-15(10-13)14-4-1-2-6-19(14)28-20/h1-12H. The summed E-state index contributed by atoms with van der Waals surface area (Å²) in [6.45, 7) is 0. The zero-order chi connectivity index (χ0) is 19.8. The lowest BCUT2D eigenvalue weighted by Crippen LogP contribution is -1.76. The van der Waals surface area contributed by atoms with Crippen molar-refractivity contribution < 1.29 is 4.42 Å². The van der Waals surface area contributed by atoms with Gasteiger partial charge in [-0.1, -0.05) is 35.9 Å². The average molecular weight is 442 g/mol. The first-order valence-corrected chi connectivity index (χ1v) is 11.6. The van der Waals surface area contributed by atoms with Crippen molar-refractivity contribution >= 4 is 86.6 Å². The summed E-state index contributed by atoms with van der Waals surface area (Å²) in [6, 6.07) is 25.0. The number of furan rings is 1. The Morgan fingerprint density at radius 2 is 1.60 bits per heavy atom. The van der Waals surface area contributed by atoms with Gasteiger partial charge in [0.25, 0.3) is 0 Å². The maximum atomic E-state index is 6.51. The molecule has 0 spiro atoms. The van der Waals surface area contributed by atoms with Crippen molar-refractivity contribution in [2.24, 2.45) is 0 Å². The van der Waals surface area contributed by atoms with Gasteiger partial charge in [0.05, 0.1) is 10.2 Å². The number of hydrogen-bond donors (Lipinski definition) is 0. The monoisotopic (exact) mass is 441 g/mol. The van der Waals surface area contributed by atoms with Crippen LogP contribution in [0.15, 0.2) is 77.2 Å². The van der Waals surface area contributed by atoms with Crippen molar-refractivity contribution in [3.05, 3.63) is 77.8 Å². The summed E-state index contributed by atoms with van der Waals surface area (Å²) in [5.74, 6) is 0. The van der Waals surface area contributed by atoms with Crippen LogP contribution in [0.3, 0.4) is 0 Å². The number of thiophene rings is 1. The summed E-state index contributed by atoms with van der Waals surface area (Å²) >= 11 is 10.00. The summed E-state index contributed by atoms with van der Waals surface area (Å²) in [5, 5.41) is 6.44. The molecule has 0 amide bonds. The molecule has 0 aliphatic carbocycles. The fraction of sp³-hybridized carbons (Fsp3) is 0. The van der Waals surface area contributed by atoms with Crippen molar-refractivity contribution in [1.29, 1.82) is 0 Å². The van der Waals surface area contributed by atoms with Gasteiger partial charge in [0.15, 0.2) is 0 Å². The molecule has 0 atom stereocenters. The second kappa shape index (κ2) is 6.05. The number of thiazole rings is 1. The van der Waals surface area contributed by atoms with E-state index in [-0.39, 0.29) is 0 Å². The highest BCUT2D eigenvalue weighted by molar-refractivity contribution is 7.26. The molecule has 3 aromatic heterocycles. The Morgan fingerprint density at radius 3 is 2.57 bits per heavy atom. The van der Waals surface area contributed by atoms with E-state index in [0.29, 0.717) is 0 Å². The molecule has 0 saturated heterocycles. The van der Waals surface area contributed by atoms with Crippen molar-refractivity contribution in [3.8, 4) is 10.6 Å². The SMILES string of the molecule is Clc1cccc2sc3cc4nc(-c5ccc6oc7ccccc7c6c5)sc4cc3c12. The number of halogens is 1. The molecule has 142 valence electrons. The maximum absolute atomic E-state index is 6.51. The first-order chi connectivity index (χ1) is 14.7. The minimum Gasteiger partial charge on any atom is -0.456 e. The Balaban J connectivity index is 1.46. The van der Waals surface area contributed by atoms with Gasteiger partial charge in [-0.2, -0.15) is 0 Å². The lowest BCUT2D eigenvalue weighted by Gasteiger charge is -1.96. The topological polar surface area (TPSA) is 26.0 Å². The summed E-state index contributed by atoms with van der Waals surface area (Å²) in [6.07, 6.45) is 0. The molecule has 2 nitrogen and oxygen atoms in total. The third kappa shape index (κ3) is 2.33. The van der Waals surface area contributed by atoms with Gasteiger partial charge in [-0.3, -0.25) is 0 Å². The van der Waals surface area contributed by atoms with E-state index in [2.05, 4.69) is 36.4 Å². The molecule has 7 aromatic rings. The van der Waals surface area contributed by atoms with Gasteiger partial charge < -0.3 is 4.42 Å². The summed E-state index contributed by atoms with van der Waals surface area (Å²) in [5.41, 5.74) is 3.96. The molecule has 0 radical (unpaired) electrons. The zero-order valence-electron chi connectivity index (χ0n) is 15.5. The van der Waals surface area contributed by atoms with Gasteiger partial charge in [-0.25, -0.2) is 4.98 Å². The lowest BCUT2D eigenvalue weighted by molar-refractivity contribution is 0.669. The molecule has 0 aliphatic heterocycles. The van der Waals surface area contributed by atoms with Crippen molar-refractivity contribution in [3.63, 3.8) is 0 Å². The van der Waals surface area contributed by atoms with Crippen LogP contribution in [0.25, 0.3) is 62.9 Å². The quantitative estimate of drug-likeness (QED) is 0.254. The minimum absolute atomic E-state index is 0.806. The molecule has 4 aromatic carbocycles. The number of benzene rings is 4. The second-order valence-electron chi connectivity index (χ2n) is 7.36. The molecule has 0 aliphatic rings. The second-order valence-corrected chi connectivity index (χ2v) is 9.88. The molecule has 0 saturated carbocycles. The first-order valence-electron chi connectivity index (χ1n) is 9.58. The summed E-state index contributed by atoms with van der Waals surface area (Å²) in [4.78, 5) is 4.96. The minimum atomic E-state index is 0.806. The fourth-order valence-electron chi connectivity index (χ4n) is 4.19. The largest absolute Gasteiger partial charge is 0.456 e. The molecule has 3 heterocycles. The van der Waals surface area contributed by atoms with E-state index in [1.165, 1.54) is 19.5 Å². The zero-order valence-corrected chi connectivity index (χ0v) is 17.9. The molecule has 0 bridgehead atoms.